The molecule has 0 fully saturated rings. The molecule has 0 spiro atoms. The third-order valence-electron chi connectivity index (χ3n) is 2.46. The van der Waals surface area contributed by atoms with Crippen molar-refractivity contribution < 1.29 is 14.6 Å². The molecule has 88 valence electrons. The van der Waals surface area contributed by atoms with Gasteiger partial charge in [0.1, 0.15) is 13.2 Å². The predicted octanol–water partition coefficient (Wildman–Crippen LogP) is 2.10. The van der Waals surface area contributed by atoms with E-state index in [-0.39, 0.29) is 6.10 Å². The van der Waals surface area contributed by atoms with Gasteiger partial charge in [0.05, 0.1) is 6.10 Å². The Morgan fingerprint density at radius 1 is 1.31 bits per heavy atom. The molecule has 1 heterocycles. The Balaban J connectivity index is 2.35. The van der Waals surface area contributed by atoms with E-state index < -0.39 is 0 Å². The van der Waals surface area contributed by atoms with Crippen molar-refractivity contribution in [2.45, 2.75) is 24.3 Å². The van der Waals surface area contributed by atoms with Crippen LogP contribution in [0.15, 0.2) is 17.0 Å². The van der Waals surface area contributed by atoms with Crippen molar-refractivity contribution >= 4 is 11.8 Å². The van der Waals surface area contributed by atoms with Gasteiger partial charge >= 0.3 is 0 Å². The molecule has 1 atom stereocenters. The molecule has 2 rings (SSSR count). The second kappa shape index (κ2) is 4.97. The van der Waals surface area contributed by atoms with Gasteiger partial charge in [0.15, 0.2) is 11.5 Å². The molecule has 0 bridgehead atoms. The Morgan fingerprint density at radius 2 is 1.94 bits per heavy atom. The lowest BCUT2D eigenvalue weighted by Gasteiger charge is -2.21. The minimum Gasteiger partial charge on any atom is -0.486 e. The van der Waals surface area contributed by atoms with Crippen LogP contribution >= 0.6 is 11.8 Å². The average Bonchev–Trinajstić information content (AvgIpc) is 2.27. The number of aliphatic hydroxyl groups is 1. The molecule has 1 aromatic carbocycles. The molecular weight excluding hydrogens is 224 g/mol. The number of aliphatic hydroxyl groups excluding tert-OH is 1. The molecule has 1 aromatic rings. The van der Waals surface area contributed by atoms with E-state index in [0.29, 0.717) is 19.6 Å². The Hall–Kier alpha value is -0.870. The number of hydrogen-bond acceptors (Lipinski definition) is 4. The highest BCUT2D eigenvalue weighted by Crippen LogP contribution is 2.36. The maximum atomic E-state index is 9.45. The molecule has 16 heavy (non-hydrogen) atoms. The lowest BCUT2D eigenvalue weighted by Crippen LogP contribution is -2.16. The van der Waals surface area contributed by atoms with Crippen LogP contribution in [0.5, 0.6) is 11.5 Å². The van der Waals surface area contributed by atoms with Gasteiger partial charge in [-0.2, -0.15) is 0 Å². The number of benzene rings is 1. The van der Waals surface area contributed by atoms with Crippen LogP contribution in [0.1, 0.15) is 12.5 Å². The number of rotatable bonds is 3. The molecule has 0 radical (unpaired) electrons. The highest BCUT2D eigenvalue weighted by Gasteiger charge is 2.16. The van der Waals surface area contributed by atoms with Gasteiger partial charge in [0.25, 0.3) is 0 Å². The summed E-state index contributed by atoms with van der Waals surface area (Å²) in [6.07, 6.45) is 2.33. The first kappa shape index (κ1) is 11.6. The molecule has 0 saturated heterocycles. The van der Waals surface area contributed by atoms with Crippen molar-refractivity contribution in [3.8, 4) is 11.5 Å². The summed E-state index contributed by atoms with van der Waals surface area (Å²) in [5.41, 5.74) is 1.12. The fraction of sp³-hybridized carbons (Fsp3) is 0.500. The average molecular weight is 240 g/mol. The van der Waals surface area contributed by atoms with Crippen LogP contribution in [0.3, 0.4) is 0 Å². The van der Waals surface area contributed by atoms with Crippen LogP contribution in [0.4, 0.5) is 0 Å². The topological polar surface area (TPSA) is 38.7 Å². The minimum atomic E-state index is -0.339. The van der Waals surface area contributed by atoms with Crippen molar-refractivity contribution in [2.24, 2.45) is 0 Å². The molecule has 3 nitrogen and oxygen atoms in total. The third-order valence-corrected chi connectivity index (χ3v) is 3.28. The summed E-state index contributed by atoms with van der Waals surface area (Å²) >= 11 is 1.66. The van der Waals surface area contributed by atoms with Gasteiger partial charge in [-0.05, 0) is 37.3 Å². The van der Waals surface area contributed by atoms with E-state index in [9.17, 15) is 5.11 Å². The number of fused-ring (bicyclic) bond motifs is 1. The molecule has 0 aromatic heterocycles. The molecule has 4 heteroatoms. The first-order valence-corrected chi connectivity index (χ1v) is 6.57. The van der Waals surface area contributed by atoms with Crippen molar-refractivity contribution in [3.05, 3.63) is 17.7 Å². The van der Waals surface area contributed by atoms with Crippen LogP contribution < -0.4 is 9.47 Å². The van der Waals surface area contributed by atoms with Crippen LogP contribution in [0.2, 0.25) is 0 Å². The van der Waals surface area contributed by atoms with Gasteiger partial charge in [-0.1, -0.05) is 0 Å². The molecule has 1 N–H and O–H groups in total. The lowest BCUT2D eigenvalue weighted by molar-refractivity contribution is 0.169. The van der Waals surface area contributed by atoms with E-state index in [4.69, 9.17) is 9.47 Å². The quantitative estimate of drug-likeness (QED) is 0.821. The van der Waals surface area contributed by atoms with E-state index in [1.54, 1.807) is 18.7 Å². The second-order valence-corrected chi connectivity index (χ2v) is 4.71. The molecule has 0 saturated carbocycles. The second-order valence-electron chi connectivity index (χ2n) is 3.86. The standard InChI is InChI=1S/C12H16O3S/c1-8(13)5-9-6-10-11(7-12(9)16-2)15-4-3-14-10/h6-8,13H,3-5H2,1-2H3. The van der Waals surface area contributed by atoms with Crippen molar-refractivity contribution in [1.82, 2.24) is 0 Å². The first-order valence-electron chi connectivity index (χ1n) is 5.35. The first-order chi connectivity index (χ1) is 7.70. The Kier molecular flexibility index (Phi) is 3.61. The summed E-state index contributed by atoms with van der Waals surface area (Å²) in [5.74, 6) is 1.60. The fourth-order valence-corrected chi connectivity index (χ4v) is 2.41. The number of hydrogen-bond donors (Lipinski definition) is 1. The summed E-state index contributed by atoms with van der Waals surface area (Å²) in [5, 5.41) is 9.45. The maximum Gasteiger partial charge on any atom is 0.162 e. The maximum absolute atomic E-state index is 9.45. The smallest absolute Gasteiger partial charge is 0.162 e. The molecule has 1 aliphatic heterocycles. The summed E-state index contributed by atoms with van der Waals surface area (Å²) < 4.78 is 11.1. The van der Waals surface area contributed by atoms with Crippen LogP contribution in [0.25, 0.3) is 0 Å². The molecule has 1 unspecified atom stereocenters. The van der Waals surface area contributed by atoms with Crippen LogP contribution in [0, 0.1) is 0 Å². The van der Waals surface area contributed by atoms with Gasteiger partial charge in [0, 0.05) is 4.90 Å². The van der Waals surface area contributed by atoms with Gasteiger partial charge in [0.2, 0.25) is 0 Å². The Labute approximate surface area is 99.8 Å². The van der Waals surface area contributed by atoms with Crippen LogP contribution in [-0.4, -0.2) is 30.7 Å². The van der Waals surface area contributed by atoms with Crippen molar-refractivity contribution in [3.63, 3.8) is 0 Å². The molecular formula is C12H16O3S. The zero-order chi connectivity index (χ0) is 11.5. The van der Waals surface area contributed by atoms with Crippen molar-refractivity contribution in [1.29, 1.82) is 0 Å². The summed E-state index contributed by atoms with van der Waals surface area (Å²) in [6.45, 7) is 3.00. The SMILES string of the molecule is CSc1cc2c(cc1CC(C)O)OCCO2. The monoisotopic (exact) mass is 240 g/mol. The van der Waals surface area contributed by atoms with Gasteiger partial charge < -0.3 is 14.6 Å². The largest absolute Gasteiger partial charge is 0.486 e. The molecule has 0 amide bonds. The highest BCUT2D eigenvalue weighted by molar-refractivity contribution is 7.98. The summed E-state index contributed by atoms with van der Waals surface area (Å²) in [6, 6.07) is 3.98. The van der Waals surface area contributed by atoms with Crippen LogP contribution in [-0.2, 0) is 6.42 Å². The zero-order valence-electron chi connectivity index (χ0n) is 9.53. The summed E-state index contributed by atoms with van der Waals surface area (Å²) in [4.78, 5) is 1.14. The van der Waals surface area contributed by atoms with Gasteiger partial charge in [-0.15, -0.1) is 11.8 Å². The minimum absolute atomic E-state index is 0.339. The number of ether oxygens (including phenoxy) is 2. The lowest BCUT2D eigenvalue weighted by atomic mass is 10.1. The zero-order valence-corrected chi connectivity index (χ0v) is 10.3. The predicted molar refractivity (Wildman–Crippen MR) is 64.6 cm³/mol. The van der Waals surface area contributed by atoms with E-state index in [2.05, 4.69) is 0 Å². The normalized spacial score (nSPS) is 15.9. The Morgan fingerprint density at radius 3 is 2.50 bits per heavy atom. The van der Waals surface area contributed by atoms with E-state index in [1.807, 2.05) is 18.4 Å². The van der Waals surface area contributed by atoms with Crippen molar-refractivity contribution in [2.75, 3.05) is 19.5 Å². The fourth-order valence-electron chi connectivity index (χ4n) is 1.78. The summed E-state index contributed by atoms with van der Waals surface area (Å²) in [7, 11) is 0. The molecule has 0 aliphatic carbocycles. The Bertz CT molecular complexity index is 377. The third kappa shape index (κ3) is 2.44. The molecule has 1 aliphatic rings. The highest BCUT2D eigenvalue weighted by atomic mass is 32.2. The van der Waals surface area contributed by atoms with E-state index in [0.717, 1.165) is 22.0 Å². The number of thioether (sulfide) groups is 1. The van der Waals surface area contributed by atoms with E-state index >= 15 is 0 Å². The van der Waals surface area contributed by atoms with E-state index in [1.165, 1.54) is 0 Å². The van der Waals surface area contributed by atoms with Gasteiger partial charge in [-0.25, -0.2) is 0 Å². The van der Waals surface area contributed by atoms with Gasteiger partial charge in [-0.3, -0.25) is 0 Å².